The molecule has 0 fully saturated rings. The number of aromatic nitrogens is 2. The first-order chi connectivity index (χ1) is 19.6. The zero-order chi connectivity index (χ0) is 27.4. The van der Waals surface area contributed by atoms with Gasteiger partial charge in [-0.25, -0.2) is 4.98 Å². The minimum Gasteiger partial charge on any atom is -0.385 e. The van der Waals surface area contributed by atoms with Crippen LogP contribution in [0, 0.1) is 5.92 Å². The van der Waals surface area contributed by atoms with Crippen molar-refractivity contribution in [2.75, 3.05) is 13.7 Å². The summed E-state index contributed by atoms with van der Waals surface area (Å²) in [6.07, 6.45) is 8.48. The monoisotopic (exact) mass is 524 g/mol. The number of hydrogen-bond donors (Lipinski definition) is 0. The Bertz CT molecular complexity index is 2020. The number of nitrogens with zero attached hydrogens (tertiary/aromatic N) is 2. The van der Waals surface area contributed by atoms with Crippen molar-refractivity contribution < 1.29 is 4.74 Å². The minimum absolute atomic E-state index is 0.0148. The summed E-state index contributed by atoms with van der Waals surface area (Å²) in [6.45, 7) is 5.20. The number of methoxy groups -OCH3 is 1. The second kappa shape index (κ2) is 9.72. The number of fused-ring (bicyclic) bond motifs is 4. The zero-order valence-corrected chi connectivity index (χ0v) is 23.1. The number of imidazole rings is 1. The van der Waals surface area contributed by atoms with Crippen molar-refractivity contribution in [1.29, 1.82) is 0 Å². The molecule has 2 heterocycles. The summed E-state index contributed by atoms with van der Waals surface area (Å²) in [5.41, 5.74) is 8.29. The molecule has 0 aliphatic heterocycles. The van der Waals surface area contributed by atoms with Crippen LogP contribution in [0.2, 0.25) is 0 Å². The first-order valence-electron chi connectivity index (χ1n) is 14.2. The maximum atomic E-state index is 14.3. The molecular formula is C36H32N2O2. The van der Waals surface area contributed by atoms with Crippen LogP contribution in [0.15, 0.2) is 95.8 Å². The lowest BCUT2D eigenvalue weighted by Gasteiger charge is -2.19. The number of pyridine rings is 1. The van der Waals surface area contributed by atoms with E-state index in [1.54, 1.807) is 7.11 Å². The van der Waals surface area contributed by atoms with E-state index in [1.807, 2.05) is 16.5 Å². The van der Waals surface area contributed by atoms with Gasteiger partial charge in [0, 0.05) is 35.4 Å². The SMILES string of the molecule is COCCC(C)c1ccc2c(=O)n3c4cc(-c5ccccc5)cc(C5=CC=CCC5C)c4nc3c3cccc1c23. The maximum Gasteiger partial charge on any atom is 0.264 e. The Morgan fingerprint density at radius 2 is 1.80 bits per heavy atom. The van der Waals surface area contributed by atoms with E-state index in [0.29, 0.717) is 18.4 Å². The second-order valence-electron chi connectivity index (χ2n) is 11.1. The molecule has 0 spiro atoms. The zero-order valence-electron chi connectivity index (χ0n) is 23.1. The highest BCUT2D eigenvalue weighted by molar-refractivity contribution is 6.16. The minimum atomic E-state index is -0.0148. The molecule has 0 saturated carbocycles. The van der Waals surface area contributed by atoms with Crippen LogP contribution in [0.5, 0.6) is 0 Å². The second-order valence-corrected chi connectivity index (χ2v) is 11.1. The molecule has 4 heteroatoms. The third-order valence-electron chi connectivity index (χ3n) is 8.65. The van der Waals surface area contributed by atoms with Gasteiger partial charge in [0.2, 0.25) is 0 Å². The van der Waals surface area contributed by atoms with Crippen molar-refractivity contribution in [3.05, 3.63) is 113 Å². The molecule has 4 aromatic carbocycles. The lowest BCUT2D eigenvalue weighted by molar-refractivity contribution is 0.189. The van der Waals surface area contributed by atoms with Crippen LogP contribution in [-0.2, 0) is 4.74 Å². The van der Waals surface area contributed by atoms with Gasteiger partial charge < -0.3 is 4.74 Å². The summed E-state index contributed by atoms with van der Waals surface area (Å²) in [5, 5.41) is 3.89. The van der Waals surface area contributed by atoms with Gasteiger partial charge in [0.1, 0.15) is 5.65 Å². The number of hydrogen-bond acceptors (Lipinski definition) is 3. The molecule has 0 amide bonds. The topological polar surface area (TPSA) is 43.6 Å². The fraction of sp³-hybridized carbons (Fsp3) is 0.222. The van der Waals surface area contributed by atoms with Crippen LogP contribution in [0.3, 0.4) is 0 Å². The van der Waals surface area contributed by atoms with Crippen LogP contribution in [0.1, 0.15) is 43.7 Å². The van der Waals surface area contributed by atoms with Crippen molar-refractivity contribution in [2.45, 2.75) is 32.6 Å². The summed E-state index contributed by atoms with van der Waals surface area (Å²) in [5.74, 6) is 0.679. The third-order valence-corrected chi connectivity index (χ3v) is 8.65. The summed E-state index contributed by atoms with van der Waals surface area (Å²) in [7, 11) is 1.74. The molecular weight excluding hydrogens is 492 g/mol. The molecule has 6 aromatic rings. The van der Waals surface area contributed by atoms with E-state index in [-0.39, 0.29) is 5.56 Å². The first-order valence-corrected chi connectivity index (χ1v) is 14.2. The number of rotatable bonds is 6. The van der Waals surface area contributed by atoms with Gasteiger partial charge in [0.05, 0.1) is 11.0 Å². The predicted molar refractivity (Wildman–Crippen MR) is 166 cm³/mol. The van der Waals surface area contributed by atoms with Gasteiger partial charge in [-0.05, 0) is 70.5 Å². The number of allylic oxidation sites excluding steroid dienone is 4. The van der Waals surface area contributed by atoms with Crippen molar-refractivity contribution in [2.24, 2.45) is 5.92 Å². The molecule has 2 atom stereocenters. The molecule has 4 nitrogen and oxygen atoms in total. The smallest absolute Gasteiger partial charge is 0.264 e. The quantitative estimate of drug-likeness (QED) is 0.220. The Morgan fingerprint density at radius 1 is 0.975 bits per heavy atom. The molecule has 0 saturated heterocycles. The molecule has 0 bridgehead atoms. The Hall–Kier alpha value is -4.28. The summed E-state index contributed by atoms with van der Waals surface area (Å²) in [6, 6.07) is 25.3. The maximum absolute atomic E-state index is 14.3. The van der Waals surface area contributed by atoms with Crippen LogP contribution in [-0.4, -0.2) is 23.1 Å². The molecule has 1 aliphatic rings. The Balaban J connectivity index is 1.59. The van der Waals surface area contributed by atoms with Gasteiger partial charge in [-0.2, -0.15) is 0 Å². The number of benzene rings is 4. The van der Waals surface area contributed by atoms with Gasteiger partial charge in [0.15, 0.2) is 0 Å². The van der Waals surface area contributed by atoms with Gasteiger partial charge in [-0.3, -0.25) is 9.20 Å². The summed E-state index contributed by atoms with van der Waals surface area (Å²) < 4.78 is 7.20. The van der Waals surface area contributed by atoms with E-state index >= 15 is 0 Å². The van der Waals surface area contributed by atoms with Crippen molar-refractivity contribution in [1.82, 2.24) is 9.38 Å². The van der Waals surface area contributed by atoms with E-state index in [0.717, 1.165) is 67.8 Å². The van der Waals surface area contributed by atoms with Crippen LogP contribution in [0.4, 0.5) is 0 Å². The normalized spacial score (nSPS) is 16.4. The van der Waals surface area contributed by atoms with E-state index in [2.05, 4.69) is 92.7 Å². The molecule has 7 rings (SSSR count). The van der Waals surface area contributed by atoms with E-state index in [1.165, 1.54) is 11.1 Å². The predicted octanol–water partition coefficient (Wildman–Crippen LogP) is 8.38. The molecule has 2 unspecified atom stereocenters. The first kappa shape index (κ1) is 24.7. The molecule has 0 radical (unpaired) electrons. The Labute approximate surface area is 233 Å². The summed E-state index contributed by atoms with van der Waals surface area (Å²) in [4.78, 5) is 19.6. The average molecular weight is 525 g/mol. The highest BCUT2D eigenvalue weighted by atomic mass is 16.5. The summed E-state index contributed by atoms with van der Waals surface area (Å²) >= 11 is 0. The van der Waals surface area contributed by atoms with E-state index in [4.69, 9.17) is 9.72 Å². The average Bonchev–Trinajstić information content (AvgIpc) is 3.39. The molecule has 40 heavy (non-hydrogen) atoms. The van der Waals surface area contributed by atoms with Crippen molar-refractivity contribution in [3.8, 4) is 11.1 Å². The van der Waals surface area contributed by atoms with Crippen molar-refractivity contribution in [3.63, 3.8) is 0 Å². The molecule has 0 N–H and O–H groups in total. The highest BCUT2D eigenvalue weighted by Crippen LogP contribution is 2.39. The highest BCUT2D eigenvalue weighted by Gasteiger charge is 2.23. The number of ether oxygens (including phenoxy) is 1. The van der Waals surface area contributed by atoms with E-state index < -0.39 is 0 Å². The van der Waals surface area contributed by atoms with E-state index in [9.17, 15) is 4.79 Å². The standard InChI is InChI=1S/C36H32N2O2/c1-22-10-7-8-13-26(22)31-20-25(24-11-5-4-6-12-24)21-32-34(31)37-35-29-15-9-14-28-27(23(2)18-19-40-3)16-17-30(33(28)29)36(39)38(32)35/h4-9,11-17,20-23H,10,18-19H2,1-3H3. The Kier molecular flexibility index (Phi) is 6.01. The van der Waals surface area contributed by atoms with Gasteiger partial charge in [-0.15, -0.1) is 0 Å². The molecule has 2 aromatic heterocycles. The van der Waals surface area contributed by atoms with Gasteiger partial charge >= 0.3 is 0 Å². The van der Waals surface area contributed by atoms with Crippen LogP contribution < -0.4 is 5.56 Å². The van der Waals surface area contributed by atoms with Crippen LogP contribution in [0.25, 0.3) is 54.9 Å². The van der Waals surface area contributed by atoms with Gasteiger partial charge in [0.25, 0.3) is 5.56 Å². The lowest BCUT2D eigenvalue weighted by Crippen LogP contribution is -2.14. The van der Waals surface area contributed by atoms with Crippen LogP contribution >= 0.6 is 0 Å². The molecule has 1 aliphatic carbocycles. The largest absolute Gasteiger partial charge is 0.385 e. The van der Waals surface area contributed by atoms with Crippen molar-refractivity contribution >= 4 is 43.8 Å². The van der Waals surface area contributed by atoms with Gasteiger partial charge in [-0.1, -0.05) is 86.7 Å². The fourth-order valence-electron chi connectivity index (χ4n) is 6.48. The fourth-order valence-corrected chi connectivity index (χ4v) is 6.48. The lowest BCUT2D eigenvalue weighted by atomic mass is 9.86. The third kappa shape index (κ3) is 3.78. The molecule has 198 valence electrons. The Morgan fingerprint density at radius 3 is 2.60 bits per heavy atom.